The van der Waals surface area contributed by atoms with Gasteiger partial charge in [0.15, 0.2) is 27.1 Å². The molecule has 5 nitrogen and oxygen atoms in total. The Morgan fingerprint density at radius 3 is 2.65 bits per heavy atom. The topological polar surface area (TPSA) is 69.7 Å². The second kappa shape index (κ2) is 7.25. The lowest BCUT2D eigenvalue weighted by molar-refractivity contribution is 0.103. The molecule has 0 amide bonds. The highest BCUT2D eigenvalue weighted by Gasteiger charge is 2.32. The summed E-state index contributed by atoms with van der Waals surface area (Å²) in [6, 6.07) is 9.77. The predicted molar refractivity (Wildman–Crippen MR) is 103 cm³/mol. The molecule has 0 spiro atoms. The van der Waals surface area contributed by atoms with Gasteiger partial charge >= 0.3 is 0 Å². The minimum absolute atomic E-state index is 0.0908. The van der Waals surface area contributed by atoms with Crippen LogP contribution in [0.4, 0.5) is 0 Å². The van der Waals surface area contributed by atoms with Crippen LogP contribution in [0.1, 0.15) is 22.8 Å². The van der Waals surface area contributed by atoms with Gasteiger partial charge in [-0.2, -0.15) is 0 Å². The van der Waals surface area contributed by atoms with Crippen molar-refractivity contribution in [2.75, 3.05) is 19.5 Å². The molecule has 0 aliphatic carbocycles. The molecule has 26 heavy (non-hydrogen) atoms. The fourth-order valence-corrected chi connectivity index (χ4v) is 5.07. The van der Waals surface area contributed by atoms with E-state index in [1.54, 1.807) is 30.3 Å². The maximum Gasteiger partial charge on any atom is 0.191 e. The van der Waals surface area contributed by atoms with Gasteiger partial charge < -0.3 is 9.47 Å². The summed E-state index contributed by atoms with van der Waals surface area (Å²) in [5, 5.41) is 0. The van der Waals surface area contributed by atoms with Gasteiger partial charge in [-0.05, 0) is 58.8 Å². The van der Waals surface area contributed by atoms with Crippen LogP contribution < -0.4 is 9.47 Å². The molecule has 1 aliphatic heterocycles. The molecule has 7 heteroatoms. The summed E-state index contributed by atoms with van der Waals surface area (Å²) >= 11 is 3.42. The number of halogens is 1. The number of methoxy groups -OCH3 is 1. The number of carbonyl (C=O) groups excluding carboxylic acids is 1. The molecule has 1 aliphatic rings. The first-order chi connectivity index (χ1) is 12.4. The quantitative estimate of drug-likeness (QED) is 0.679. The summed E-state index contributed by atoms with van der Waals surface area (Å²) in [5.74, 6) is 0.459. The van der Waals surface area contributed by atoms with Crippen molar-refractivity contribution in [2.24, 2.45) is 0 Å². The van der Waals surface area contributed by atoms with Gasteiger partial charge in [0, 0.05) is 11.1 Å². The van der Waals surface area contributed by atoms with Crippen molar-refractivity contribution in [3.63, 3.8) is 0 Å². The molecule has 0 radical (unpaired) electrons. The lowest BCUT2D eigenvalue weighted by Crippen LogP contribution is -2.24. The number of carbonyl (C=O) groups is 1. The normalized spacial score (nSPS) is 17.0. The third-order valence-corrected chi connectivity index (χ3v) is 6.29. The fraction of sp³-hybridized carbons (Fsp3) is 0.211. The fourth-order valence-electron chi connectivity index (χ4n) is 2.89. The molecule has 0 aromatic heterocycles. The molecule has 2 aromatic carbocycles. The summed E-state index contributed by atoms with van der Waals surface area (Å²) < 4.78 is 36.6. The zero-order chi connectivity index (χ0) is 18.9. The third kappa shape index (κ3) is 3.41. The SMILES string of the molecule is CCOc1cc(/C=C2\CS(=O)(=O)c3ccccc3C2=O)cc(Br)c1OC. The highest BCUT2D eigenvalue weighted by molar-refractivity contribution is 9.10. The minimum atomic E-state index is -3.54. The van der Waals surface area contributed by atoms with E-state index in [0.717, 1.165) is 0 Å². The molecule has 0 fully saturated rings. The number of ether oxygens (including phenoxy) is 2. The Balaban J connectivity index is 2.10. The van der Waals surface area contributed by atoms with Crippen LogP contribution in [0.5, 0.6) is 11.5 Å². The Morgan fingerprint density at radius 2 is 1.96 bits per heavy atom. The number of benzene rings is 2. The van der Waals surface area contributed by atoms with Crippen LogP contribution in [-0.2, 0) is 9.84 Å². The van der Waals surface area contributed by atoms with E-state index in [0.29, 0.717) is 28.1 Å². The molecule has 0 N–H and O–H groups in total. The van der Waals surface area contributed by atoms with Gasteiger partial charge in [0.1, 0.15) is 0 Å². The van der Waals surface area contributed by atoms with Crippen LogP contribution in [0.15, 0.2) is 51.3 Å². The summed E-state index contributed by atoms with van der Waals surface area (Å²) in [5.41, 5.74) is 1.09. The Bertz CT molecular complexity index is 1010. The lowest BCUT2D eigenvalue weighted by atomic mass is 10.0. The monoisotopic (exact) mass is 436 g/mol. The molecule has 2 aromatic rings. The summed E-state index contributed by atoms with van der Waals surface area (Å²) in [6.07, 6.45) is 1.59. The van der Waals surface area contributed by atoms with E-state index in [2.05, 4.69) is 15.9 Å². The number of fused-ring (bicyclic) bond motifs is 1. The Kier molecular flexibility index (Phi) is 5.20. The maximum absolute atomic E-state index is 12.7. The number of hydrogen-bond acceptors (Lipinski definition) is 5. The van der Waals surface area contributed by atoms with Crippen molar-refractivity contribution < 1.29 is 22.7 Å². The van der Waals surface area contributed by atoms with Crippen molar-refractivity contribution in [3.8, 4) is 11.5 Å². The minimum Gasteiger partial charge on any atom is -0.492 e. The second-order valence-corrected chi connectivity index (χ2v) is 8.53. The van der Waals surface area contributed by atoms with E-state index in [1.165, 1.54) is 19.2 Å². The second-order valence-electron chi connectivity index (χ2n) is 5.72. The van der Waals surface area contributed by atoms with Crippen LogP contribution in [0.3, 0.4) is 0 Å². The van der Waals surface area contributed by atoms with E-state index >= 15 is 0 Å². The molecule has 3 rings (SSSR count). The van der Waals surface area contributed by atoms with Crippen molar-refractivity contribution >= 4 is 37.6 Å². The van der Waals surface area contributed by atoms with Gasteiger partial charge in [0.05, 0.1) is 28.8 Å². The highest BCUT2D eigenvalue weighted by atomic mass is 79.9. The molecule has 0 bridgehead atoms. The third-order valence-electron chi connectivity index (χ3n) is 3.98. The number of Topliss-reactive ketones (excluding diaryl/α,β-unsaturated/α-hetero) is 1. The Hall–Kier alpha value is -2.12. The van der Waals surface area contributed by atoms with Crippen LogP contribution in [0, 0.1) is 0 Å². The number of sulfone groups is 1. The molecule has 0 saturated heterocycles. The number of rotatable bonds is 4. The first-order valence-electron chi connectivity index (χ1n) is 7.94. The molecule has 0 saturated carbocycles. The van der Waals surface area contributed by atoms with Crippen molar-refractivity contribution in [1.29, 1.82) is 0 Å². The number of hydrogen-bond donors (Lipinski definition) is 0. The lowest BCUT2D eigenvalue weighted by Gasteiger charge is -2.18. The van der Waals surface area contributed by atoms with Gasteiger partial charge in [-0.15, -0.1) is 0 Å². The first-order valence-corrected chi connectivity index (χ1v) is 10.4. The molecule has 1 heterocycles. The van der Waals surface area contributed by atoms with E-state index in [1.807, 2.05) is 6.92 Å². The first kappa shape index (κ1) is 18.7. The molecule has 136 valence electrons. The van der Waals surface area contributed by atoms with Crippen LogP contribution >= 0.6 is 15.9 Å². The van der Waals surface area contributed by atoms with E-state index in [-0.39, 0.29) is 27.6 Å². The van der Waals surface area contributed by atoms with Gasteiger partial charge in [-0.3, -0.25) is 4.79 Å². The van der Waals surface area contributed by atoms with Gasteiger partial charge in [0.2, 0.25) is 0 Å². The molecular formula is C19H17BrO5S. The van der Waals surface area contributed by atoms with Gasteiger partial charge in [0.25, 0.3) is 0 Å². The Morgan fingerprint density at radius 1 is 1.23 bits per heavy atom. The van der Waals surface area contributed by atoms with Crippen LogP contribution in [-0.4, -0.2) is 33.7 Å². The van der Waals surface area contributed by atoms with Crippen molar-refractivity contribution in [1.82, 2.24) is 0 Å². The predicted octanol–water partition coefficient (Wildman–Crippen LogP) is 3.91. The maximum atomic E-state index is 12.7. The van der Waals surface area contributed by atoms with E-state index < -0.39 is 9.84 Å². The van der Waals surface area contributed by atoms with Crippen molar-refractivity contribution in [2.45, 2.75) is 11.8 Å². The summed E-state index contributed by atoms with van der Waals surface area (Å²) in [7, 11) is -2.01. The average molecular weight is 437 g/mol. The zero-order valence-electron chi connectivity index (χ0n) is 14.3. The van der Waals surface area contributed by atoms with Crippen LogP contribution in [0.25, 0.3) is 6.08 Å². The summed E-state index contributed by atoms with van der Waals surface area (Å²) in [4.78, 5) is 12.8. The average Bonchev–Trinajstić information content (AvgIpc) is 2.60. The van der Waals surface area contributed by atoms with Gasteiger partial charge in [-0.1, -0.05) is 12.1 Å². The smallest absolute Gasteiger partial charge is 0.191 e. The summed E-state index contributed by atoms with van der Waals surface area (Å²) in [6.45, 7) is 2.30. The van der Waals surface area contributed by atoms with Gasteiger partial charge in [-0.25, -0.2) is 8.42 Å². The van der Waals surface area contributed by atoms with Crippen LogP contribution in [0.2, 0.25) is 0 Å². The standard InChI is InChI=1S/C19H17BrO5S/c1-3-25-16-10-12(9-15(20)19(16)24-2)8-13-11-26(22,23)17-7-5-4-6-14(17)18(13)21/h4-10H,3,11H2,1-2H3/b13-8+. The van der Waals surface area contributed by atoms with E-state index in [9.17, 15) is 13.2 Å². The Labute approximate surface area is 160 Å². The molecule has 0 atom stereocenters. The van der Waals surface area contributed by atoms with E-state index in [4.69, 9.17) is 9.47 Å². The largest absolute Gasteiger partial charge is 0.492 e. The highest BCUT2D eigenvalue weighted by Crippen LogP contribution is 2.38. The molecule has 0 unspecified atom stereocenters. The molecular weight excluding hydrogens is 420 g/mol. The zero-order valence-corrected chi connectivity index (χ0v) is 16.7. The number of ketones is 1. The van der Waals surface area contributed by atoms with Crippen molar-refractivity contribution in [3.05, 3.63) is 57.6 Å².